The number of hydrogen-bond acceptors (Lipinski definition) is 5. The summed E-state index contributed by atoms with van der Waals surface area (Å²) in [4.78, 5) is 25.8. The molecule has 8 heteroatoms. The maximum atomic E-state index is 13.1. The smallest absolute Gasteiger partial charge is 0.407 e. The molecule has 3 rings (SSSR count). The number of hydrogen-bond donors (Lipinski definition) is 2. The molecule has 0 heterocycles. The summed E-state index contributed by atoms with van der Waals surface area (Å²) in [6.07, 6.45) is -0.102. The lowest BCUT2D eigenvalue weighted by Gasteiger charge is -2.42. The number of rotatable bonds is 14. The van der Waals surface area contributed by atoms with Crippen molar-refractivity contribution in [3.63, 3.8) is 0 Å². The number of carbonyl (C=O) groups excluding carboxylic acids is 1. The molecule has 0 aliphatic heterocycles. The van der Waals surface area contributed by atoms with E-state index in [0.717, 1.165) is 22.4 Å². The summed E-state index contributed by atoms with van der Waals surface area (Å²) >= 11 is 0. The minimum Gasteiger partial charge on any atom is -0.489 e. The van der Waals surface area contributed by atoms with E-state index >= 15 is 0 Å². The first-order chi connectivity index (χ1) is 21.0. The molecule has 3 unspecified atom stereocenters. The second-order valence-electron chi connectivity index (χ2n) is 14.3. The summed E-state index contributed by atoms with van der Waals surface area (Å²) in [6, 6.07) is 26.9. The molecular formula is C37H51NO6Si. The Morgan fingerprint density at radius 1 is 0.778 bits per heavy atom. The lowest BCUT2D eigenvalue weighted by atomic mass is 9.89. The van der Waals surface area contributed by atoms with Crippen molar-refractivity contribution in [1.82, 2.24) is 5.32 Å². The summed E-state index contributed by atoms with van der Waals surface area (Å²) in [7, 11) is -2.39. The van der Waals surface area contributed by atoms with Crippen molar-refractivity contribution in [1.29, 1.82) is 0 Å². The van der Waals surface area contributed by atoms with Crippen LogP contribution < -0.4 is 10.1 Å². The zero-order valence-electron chi connectivity index (χ0n) is 28.1. The van der Waals surface area contributed by atoms with Gasteiger partial charge in [0.1, 0.15) is 18.0 Å². The molecule has 244 valence electrons. The molecule has 0 bridgehead atoms. The molecule has 3 atom stereocenters. The Kier molecular flexibility index (Phi) is 12.4. The second kappa shape index (κ2) is 15.6. The summed E-state index contributed by atoms with van der Waals surface area (Å²) in [5.74, 6) is -0.924. The van der Waals surface area contributed by atoms with Gasteiger partial charge < -0.3 is 24.3 Å². The van der Waals surface area contributed by atoms with Gasteiger partial charge >= 0.3 is 12.1 Å². The predicted octanol–water partition coefficient (Wildman–Crippen LogP) is 8.43. The number of carboxylic acids is 1. The van der Waals surface area contributed by atoms with E-state index in [1.165, 1.54) is 0 Å². The average molecular weight is 634 g/mol. The van der Waals surface area contributed by atoms with Gasteiger partial charge in [-0.3, -0.25) is 4.79 Å². The normalized spacial score (nSPS) is 14.2. The van der Waals surface area contributed by atoms with Gasteiger partial charge in [-0.25, -0.2) is 4.79 Å². The van der Waals surface area contributed by atoms with Crippen molar-refractivity contribution in [2.24, 2.45) is 5.92 Å². The van der Waals surface area contributed by atoms with E-state index in [0.29, 0.717) is 19.4 Å². The molecule has 0 aliphatic rings. The molecule has 0 aliphatic carbocycles. The number of benzene rings is 3. The summed E-state index contributed by atoms with van der Waals surface area (Å²) in [5.41, 5.74) is 2.29. The predicted molar refractivity (Wildman–Crippen MR) is 182 cm³/mol. The van der Waals surface area contributed by atoms with Crippen LogP contribution >= 0.6 is 0 Å². The molecule has 7 nitrogen and oxygen atoms in total. The van der Waals surface area contributed by atoms with Crippen LogP contribution in [0.5, 0.6) is 5.75 Å². The maximum Gasteiger partial charge on any atom is 0.407 e. The molecule has 0 fully saturated rings. The van der Waals surface area contributed by atoms with Crippen LogP contribution in [-0.2, 0) is 33.4 Å². The van der Waals surface area contributed by atoms with Crippen LogP contribution in [0.3, 0.4) is 0 Å². The summed E-state index contributed by atoms with van der Waals surface area (Å²) in [6.45, 7) is 16.7. The molecule has 0 aromatic heterocycles. The second-order valence-corrected chi connectivity index (χ2v) is 19.0. The molecule has 2 N–H and O–H groups in total. The average Bonchev–Trinajstić information content (AvgIpc) is 2.95. The first-order valence-corrected chi connectivity index (χ1v) is 18.6. The first-order valence-electron chi connectivity index (χ1n) is 15.7. The highest BCUT2D eigenvalue weighted by atomic mass is 28.4. The fourth-order valence-corrected chi connectivity index (χ4v) is 6.12. The quantitative estimate of drug-likeness (QED) is 0.173. The van der Waals surface area contributed by atoms with Gasteiger partial charge in [0.05, 0.1) is 18.1 Å². The van der Waals surface area contributed by atoms with Crippen LogP contribution in [0, 0.1) is 5.92 Å². The van der Waals surface area contributed by atoms with Gasteiger partial charge in [-0.1, -0.05) is 93.6 Å². The van der Waals surface area contributed by atoms with Gasteiger partial charge in [-0.15, -0.1) is 0 Å². The monoisotopic (exact) mass is 633 g/mol. The Morgan fingerprint density at radius 2 is 1.31 bits per heavy atom. The van der Waals surface area contributed by atoms with Crippen LogP contribution in [0.2, 0.25) is 18.1 Å². The topological polar surface area (TPSA) is 94.1 Å². The molecule has 0 saturated heterocycles. The van der Waals surface area contributed by atoms with Gasteiger partial charge in [0, 0.05) is 0 Å². The minimum atomic E-state index is -2.39. The highest BCUT2D eigenvalue weighted by Gasteiger charge is 2.42. The van der Waals surface area contributed by atoms with Gasteiger partial charge in [-0.05, 0) is 87.0 Å². The summed E-state index contributed by atoms with van der Waals surface area (Å²) < 4.78 is 18.5. The van der Waals surface area contributed by atoms with Crippen LogP contribution in [-0.4, -0.2) is 43.2 Å². The molecule has 1 amide bonds. The highest BCUT2D eigenvalue weighted by Crippen LogP contribution is 2.39. The largest absolute Gasteiger partial charge is 0.489 e. The third kappa shape index (κ3) is 12.0. The van der Waals surface area contributed by atoms with E-state index in [1.807, 2.05) is 106 Å². The minimum absolute atomic E-state index is 0.122. The number of carboxylic acid groups (broad SMARTS) is 1. The van der Waals surface area contributed by atoms with Crippen molar-refractivity contribution >= 4 is 20.4 Å². The SMILES string of the molecule is CC(C)(C)OC(=O)NC(Cc1ccccc1)C(CC(Cc1ccc(OCc2ccccc2)cc1)C(=O)O)O[Si](C)(C)C(C)(C)C. The lowest BCUT2D eigenvalue weighted by Crippen LogP contribution is -2.54. The third-order valence-electron chi connectivity index (χ3n) is 8.22. The highest BCUT2D eigenvalue weighted by molar-refractivity contribution is 6.74. The Hall–Kier alpha value is -3.62. The Bertz CT molecular complexity index is 1350. The van der Waals surface area contributed by atoms with Crippen LogP contribution in [0.1, 0.15) is 64.7 Å². The van der Waals surface area contributed by atoms with Crippen molar-refractivity contribution in [2.45, 2.75) is 103 Å². The number of aliphatic carboxylic acids is 1. The van der Waals surface area contributed by atoms with Crippen molar-refractivity contribution in [2.75, 3.05) is 0 Å². The van der Waals surface area contributed by atoms with E-state index in [9.17, 15) is 14.7 Å². The van der Waals surface area contributed by atoms with E-state index in [4.69, 9.17) is 13.9 Å². The Morgan fingerprint density at radius 3 is 1.82 bits per heavy atom. The fourth-order valence-electron chi connectivity index (χ4n) is 4.75. The van der Waals surface area contributed by atoms with Gasteiger partial charge in [0.2, 0.25) is 0 Å². The van der Waals surface area contributed by atoms with Gasteiger partial charge in [-0.2, -0.15) is 0 Å². The van der Waals surface area contributed by atoms with E-state index < -0.39 is 44.0 Å². The van der Waals surface area contributed by atoms with Crippen LogP contribution in [0.15, 0.2) is 84.9 Å². The van der Waals surface area contributed by atoms with Crippen LogP contribution in [0.4, 0.5) is 4.79 Å². The number of alkyl carbamates (subject to hydrolysis) is 1. The number of ether oxygens (including phenoxy) is 2. The lowest BCUT2D eigenvalue weighted by molar-refractivity contribution is -0.142. The van der Waals surface area contributed by atoms with Crippen molar-refractivity contribution in [3.05, 3.63) is 102 Å². The fraction of sp³-hybridized carbons (Fsp3) is 0.459. The Balaban J connectivity index is 1.87. The van der Waals surface area contributed by atoms with E-state index in [-0.39, 0.29) is 11.5 Å². The van der Waals surface area contributed by atoms with Gasteiger partial charge in [0.15, 0.2) is 8.32 Å². The molecule has 0 spiro atoms. The van der Waals surface area contributed by atoms with Crippen molar-refractivity contribution < 1.29 is 28.6 Å². The molecule has 0 saturated carbocycles. The van der Waals surface area contributed by atoms with E-state index in [2.05, 4.69) is 39.2 Å². The van der Waals surface area contributed by atoms with Gasteiger partial charge in [0.25, 0.3) is 0 Å². The standard InChI is InChI=1S/C37H51NO6Si/c1-36(2,3)43-35(41)38-32(24-27-15-11-9-12-16-27)33(44-45(7,8)37(4,5)6)25-30(34(39)40)23-28-19-21-31(22-20-28)42-26-29-17-13-10-14-18-29/h9-22,30,32-33H,23-26H2,1-8H3,(H,38,41)(H,39,40). The number of nitrogens with one attached hydrogen (secondary N) is 1. The molecule has 3 aromatic carbocycles. The first kappa shape index (κ1) is 35.9. The zero-order chi connectivity index (χ0) is 33.3. The molecule has 45 heavy (non-hydrogen) atoms. The number of amides is 1. The van der Waals surface area contributed by atoms with E-state index in [1.54, 1.807) is 0 Å². The molecular weight excluding hydrogens is 582 g/mol. The number of carbonyl (C=O) groups is 2. The van der Waals surface area contributed by atoms with Crippen molar-refractivity contribution in [3.8, 4) is 5.75 Å². The maximum absolute atomic E-state index is 13.1. The third-order valence-corrected chi connectivity index (χ3v) is 12.7. The summed E-state index contributed by atoms with van der Waals surface area (Å²) in [5, 5.41) is 13.4. The van der Waals surface area contributed by atoms with Crippen LogP contribution in [0.25, 0.3) is 0 Å². The molecule has 3 aromatic rings. The molecule has 0 radical (unpaired) electrons. The Labute approximate surface area is 270 Å². The zero-order valence-corrected chi connectivity index (χ0v) is 29.1.